The van der Waals surface area contributed by atoms with Crippen molar-refractivity contribution in [1.82, 2.24) is 14.1 Å². The van der Waals surface area contributed by atoms with Crippen LogP contribution in [0, 0.1) is 5.92 Å². The van der Waals surface area contributed by atoms with Gasteiger partial charge in [-0.25, -0.2) is 13.1 Å². The van der Waals surface area contributed by atoms with Crippen LogP contribution in [-0.2, 0) is 27.5 Å². The number of carbonyl (C=O) groups excluding carboxylic acids is 1. The molecule has 0 saturated carbocycles. The Balaban J connectivity index is 1.63. The van der Waals surface area contributed by atoms with Crippen molar-refractivity contribution in [1.29, 1.82) is 0 Å². The van der Waals surface area contributed by atoms with Crippen LogP contribution in [0.2, 0.25) is 0 Å². The standard InChI is InChI=1S/C20H25F3N4O3S/c1-2-3-11-27-18(7-10-24-27)25-19(28)15-8-12-26(13-9-15)31(29,30)17-6-4-5-16(14-17)20(21,22)23/h4-7,10,14-15H,2-3,8-9,11-13H2,1H3,(H,25,28). The van der Waals surface area contributed by atoms with Crippen molar-refractivity contribution in [2.24, 2.45) is 5.92 Å². The van der Waals surface area contributed by atoms with Gasteiger partial charge in [-0.05, 0) is 37.5 Å². The number of anilines is 1. The fourth-order valence-electron chi connectivity index (χ4n) is 3.49. The van der Waals surface area contributed by atoms with Gasteiger partial charge in [-0.2, -0.15) is 22.6 Å². The van der Waals surface area contributed by atoms with Crippen molar-refractivity contribution >= 4 is 21.7 Å². The second-order valence-electron chi connectivity index (χ2n) is 7.49. The average Bonchev–Trinajstić information content (AvgIpc) is 3.18. The van der Waals surface area contributed by atoms with Gasteiger partial charge in [-0.3, -0.25) is 4.79 Å². The van der Waals surface area contributed by atoms with E-state index in [1.807, 2.05) is 0 Å². The summed E-state index contributed by atoms with van der Waals surface area (Å²) in [4.78, 5) is 12.2. The van der Waals surface area contributed by atoms with Crippen LogP contribution in [0.4, 0.5) is 19.0 Å². The smallest absolute Gasteiger partial charge is 0.311 e. The number of amides is 1. The fraction of sp³-hybridized carbons (Fsp3) is 0.500. The minimum Gasteiger partial charge on any atom is -0.311 e. The molecular formula is C20H25F3N4O3S. The van der Waals surface area contributed by atoms with Crippen LogP contribution in [0.25, 0.3) is 0 Å². The van der Waals surface area contributed by atoms with Gasteiger partial charge in [0.25, 0.3) is 0 Å². The van der Waals surface area contributed by atoms with E-state index in [1.54, 1.807) is 16.9 Å². The van der Waals surface area contributed by atoms with Crippen molar-refractivity contribution in [3.8, 4) is 0 Å². The van der Waals surface area contributed by atoms with Crippen LogP contribution < -0.4 is 5.32 Å². The predicted octanol–water partition coefficient (Wildman–Crippen LogP) is 3.74. The monoisotopic (exact) mass is 458 g/mol. The number of hydrogen-bond donors (Lipinski definition) is 1. The number of halogens is 3. The Morgan fingerprint density at radius 1 is 1.23 bits per heavy atom. The van der Waals surface area contributed by atoms with Gasteiger partial charge < -0.3 is 5.32 Å². The maximum absolute atomic E-state index is 12.9. The van der Waals surface area contributed by atoms with Gasteiger partial charge in [0.05, 0.1) is 16.7 Å². The molecular weight excluding hydrogens is 433 g/mol. The Bertz CT molecular complexity index is 1010. The SMILES string of the molecule is CCCCn1nccc1NC(=O)C1CCN(S(=O)(=O)c2cccc(C(F)(F)F)c2)CC1. The molecule has 3 rings (SSSR count). The number of piperidine rings is 1. The average molecular weight is 459 g/mol. The van der Waals surface area contributed by atoms with Crippen LogP contribution in [0.3, 0.4) is 0 Å². The lowest BCUT2D eigenvalue weighted by Crippen LogP contribution is -2.41. The molecule has 1 saturated heterocycles. The summed E-state index contributed by atoms with van der Waals surface area (Å²) in [6.45, 7) is 2.87. The van der Waals surface area contributed by atoms with E-state index < -0.39 is 26.7 Å². The molecule has 1 N–H and O–H groups in total. The van der Waals surface area contributed by atoms with E-state index in [0.717, 1.165) is 35.3 Å². The molecule has 1 aromatic heterocycles. The Morgan fingerprint density at radius 3 is 2.58 bits per heavy atom. The van der Waals surface area contributed by atoms with Crippen LogP contribution >= 0.6 is 0 Å². The topological polar surface area (TPSA) is 84.3 Å². The molecule has 1 aliphatic rings. The second-order valence-corrected chi connectivity index (χ2v) is 9.42. The normalized spacial score (nSPS) is 16.4. The number of benzene rings is 1. The third-order valence-corrected chi connectivity index (χ3v) is 7.21. The van der Waals surface area contributed by atoms with Crippen molar-refractivity contribution in [2.75, 3.05) is 18.4 Å². The number of alkyl halides is 3. The number of sulfonamides is 1. The van der Waals surface area contributed by atoms with Crippen LogP contribution in [0.5, 0.6) is 0 Å². The molecule has 2 heterocycles. The predicted molar refractivity (Wildman–Crippen MR) is 109 cm³/mol. The van der Waals surface area contributed by atoms with Gasteiger partial charge in [0.15, 0.2) is 0 Å². The third-order valence-electron chi connectivity index (χ3n) is 5.32. The van der Waals surface area contributed by atoms with Gasteiger partial charge >= 0.3 is 6.18 Å². The maximum Gasteiger partial charge on any atom is 0.416 e. The summed E-state index contributed by atoms with van der Waals surface area (Å²) in [6, 6.07) is 5.42. The molecule has 0 atom stereocenters. The van der Waals surface area contributed by atoms with Crippen molar-refractivity contribution in [3.63, 3.8) is 0 Å². The Hall–Kier alpha value is -2.40. The van der Waals surface area contributed by atoms with Crippen molar-refractivity contribution in [3.05, 3.63) is 42.1 Å². The third kappa shape index (κ3) is 5.45. The first-order chi connectivity index (χ1) is 14.6. The number of hydrogen-bond acceptors (Lipinski definition) is 4. The molecule has 2 aromatic rings. The number of unbranched alkanes of at least 4 members (excludes halogenated alkanes) is 1. The van der Waals surface area contributed by atoms with E-state index in [4.69, 9.17) is 0 Å². The minimum absolute atomic E-state index is 0.0613. The van der Waals surface area contributed by atoms with Gasteiger partial charge in [-0.15, -0.1) is 0 Å². The van der Waals surface area contributed by atoms with E-state index in [0.29, 0.717) is 18.4 Å². The zero-order valence-electron chi connectivity index (χ0n) is 17.1. The summed E-state index contributed by atoms with van der Waals surface area (Å²) in [7, 11) is -4.07. The lowest BCUT2D eigenvalue weighted by atomic mass is 9.97. The minimum atomic E-state index is -4.62. The maximum atomic E-state index is 12.9. The van der Waals surface area contributed by atoms with Gasteiger partial charge in [-0.1, -0.05) is 19.4 Å². The number of nitrogens with one attached hydrogen (secondary N) is 1. The molecule has 0 spiro atoms. The number of rotatable bonds is 7. The zero-order valence-corrected chi connectivity index (χ0v) is 17.9. The van der Waals surface area contributed by atoms with Crippen molar-refractivity contribution < 1.29 is 26.4 Å². The lowest BCUT2D eigenvalue weighted by Gasteiger charge is -2.30. The second kappa shape index (κ2) is 9.39. The molecule has 0 unspecified atom stereocenters. The lowest BCUT2D eigenvalue weighted by molar-refractivity contribution is -0.137. The fourth-order valence-corrected chi connectivity index (χ4v) is 5.01. The number of aryl methyl sites for hydroxylation is 1. The van der Waals surface area contributed by atoms with Gasteiger partial charge in [0.2, 0.25) is 15.9 Å². The number of nitrogens with zero attached hydrogens (tertiary/aromatic N) is 3. The first-order valence-electron chi connectivity index (χ1n) is 10.1. The highest BCUT2D eigenvalue weighted by Crippen LogP contribution is 2.32. The highest BCUT2D eigenvalue weighted by atomic mass is 32.2. The molecule has 1 amide bonds. The molecule has 11 heteroatoms. The molecule has 0 aliphatic carbocycles. The number of aromatic nitrogens is 2. The summed E-state index contributed by atoms with van der Waals surface area (Å²) < 4.78 is 67.2. The first-order valence-corrected chi connectivity index (χ1v) is 11.6. The highest BCUT2D eigenvalue weighted by molar-refractivity contribution is 7.89. The Morgan fingerprint density at radius 2 is 1.94 bits per heavy atom. The van der Waals surface area contributed by atoms with E-state index in [2.05, 4.69) is 17.3 Å². The Kier molecular flexibility index (Phi) is 7.05. The van der Waals surface area contributed by atoms with Crippen molar-refractivity contribution in [2.45, 2.75) is 50.2 Å². The zero-order chi connectivity index (χ0) is 22.6. The molecule has 0 radical (unpaired) electrons. The van der Waals surface area contributed by atoms with Gasteiger partial charge in [0, 0.05) is 31.6 Å². The summed E-state index contributed by atoms with van der Waals surface area (Å²) in [5.74, 6) is -0.00526. The summed E-state index contributed by atoms with van der Waals surface area (Å²) in [6.07, 6.45) is -0.529. The van der Waals surface area contributed by atoms with Gasteiger partial charge in [0.1, 0.15) is 5.82 Å². The molecule has 1 aliphatic heterocycles. The summed E-state index contributed by atoms with van der Waals surface area (Å²) >= 11 is 0. The first kappa shape index (κ1) is 23.3. The van der Waals surface area contributed by atoms with Crippen LogP contribution in [0.1, 0.15) is 38.2 Å². The molecule has 170 valence electrons. The molecule has 0 bridgehead atoms. The number of carbonyl (C=O) groups is 1. The summed E-state index contributed by atoms with van der Waals surface area (Å²) in [5, 5.41) is 7.04. The highest BCUT2D eigenvalue weighted by Gasteiger charge is 2.35. The molecule has 31 heavy (non-hydrogen) atoms. The van der Waals surface area contributed by atoms with E-state index in [-0.39, 0.29) is 37.8 Å². The molecule has 7 nitrogen and oxygen atoms in total. The van der Waals surface area contributed by atoms with Crippen LogP contribution in [0.15, 0.2) is 41.4 Å². The van der Waals surface area contributed by atoms with E-state index in [1.165, 1.54) is 0 Å². The molecule has 1 aromatic carbocycles. The van der Waals surface area contributed by atoms with E-state index >= 15 is 0 Å². The van der Waals surface area contributed by atoms with E-state index in [9.17, 15) is 26.4 Å². The Labute approximate surface area is 179 Å². The van der Waals surface area contributed by atoms with Crippen LogP contribution in [-0.4, -0.2) is 41.5 Å². The molecule has 1 fully saturated rings. The largest absolute Gasteiger partial charge is 0.416 e. The summed E-state index contributed by atoms with van der Waals surface area (Å²) in [5.41, 5.74) is -1.01. The quantitative estimate of drug-likeness (QED) is 0.685.